The molecule has 1 N–H and O–H groups in total. The molecule has 0 saturated heterocycles. The minimum Gasteiger partial charge on any atom is -0.457 e. The van der Waals surface area contributed by atoms with Gasteiger partial charge >= 0.3 is 5.25 Å². The molecule has 0 spiro atoms. The molecular weight excluding hydrogens is 358 g/mol. The summed E-state index contributed by atoms with van der Waals surface area (Å²) in [5.74, 6) is -2.89. The average molecular weight is 366 g/mol. The quantitative estimate of drug-likeness (QED) is 0.735. The molecule has 0 fully saturated rings. The predicted molar refractivity (Wildman–Crippen MR) is 73.6 cm³/mol. The van der Waals surface area contributed by atoms with E-state index in [1.54, 1.807) is 0 Å². The van der Waals surface area contributed by atoms with E-state index in [0.717, 1.165) is 24.3 Å². The zero-order valence-corrected chi connectivity index (χ0v) is 12.4. The molecule has 0 bridgehead atoms. The van der Waals surface area contributed by atoms with Crippen molar-refractivity contribution < 1.29 is 36.2 Å². The van der Waals surface area contributed by atoms with Crippen molar-refractivity contribution in [1.82, 2.24) is 0 Å². The number of fused-ring (bicyclic) bond motifs is 1. The number of halogens is 6. The average Bonchev–Trinajstić information content (AvgIpc) is 2.67. The van der Waals surface area contributed by atoms with Gasteiger partial charge in [0.2, 0.25) is 0 Å². The zero-order chi connectivity index (χ0) is 17.6. The van der Waals surface area contributed by atoms with Gasteiger partial charge in [-0.1, -0.05) is 6.07 Å². The highest BCUT2D eigenvalue weighted by Crippen LogP contribution is 2.58. The summed E-state index contributed by atoms with van der Waals surface area (Å²) in [5, 5.41) is 5.86. The first-order valence-electron chi connectivity index (χ1n) is 6.53. The Morgan fingerprint density at radius 1 is 1.08 bits per heavy atom. The fraction of sp³-hybridized carbons (Fsp3) is 0.200. The Morgan fingerprint density at radius 3 is 2.29 bits per heavy atom. The van der Waals surface area contributed by atoms with Gasteiger partial charge in [0.1, 0.15) is 23.1 Å². The molecule has 0 saturated carbocycles. The second-order valence-corrected chi connectivity index (χ2v) is 6.13. The number of ether oxygens (including phenoxy) is 1. The van der Waals surface area contributed by atoms with E-state index in [1.807, 2.05) is 0 Å². The molecule has 0 radical (unpaired) electrons. The van der Waals surface area contributed by atoms with Gasteiger partial charge in [0.25, 0.3) is 6.43 Å². The Hall–Kier alpha value is -1.87. The lowest BCUT2D eigenvalue weighted by Crippen LogP contribution is -2.15. The van der Waals surface area contributed by atoms with Crippen molar-refractivity contribution in [2.24, 2.45) is 0 Å². The van der Waals surface area contributed by atoms with Crippen LogP contribution in [-0.4, -0.2) is 10.4 Å². The number of thioether (sulfide) groups is 1. The van der Waals surface area contributed by atoms with Crippen LogP contribution in [0.25, 0.3) is 0 Å². The maximum Gasteiger partial charge on any atom is 0.327 e. The lowest BCUT2D eigenvalue weighted by atomic mass is 10.1. The molecule has 1 aliphatic rings. The Kier molecular flexibility index (Phi) is 4.16. The molecule has 1 aliphatic heterocycles. The van der Waals surface area contributed by atoms with Crippen LogP contribution >= 0.6 is 11.8 Å². The van der Waals surface area contributed by atoms with Crippen molar-refractivity contribution in [2.45, 2.75) is 22.7 Å². The predicted octanol–water partition coefficient (Wildman–Crippen LogP) is 5.43. The Labute approximate surface area is 136 Å². The summed E-state index contributed by atoms with van der Waals surface area (Å²) in [5.41, 5.74) is -1.21. The second-order valence-electron chi connectivity index (χ2n) is 4.97. The highest BCUT2D eigenvalue weighted by atomic mass is 32.2. The van der Waals surface area contributed by atoms with Crippen molar-refractivity contribution >= 4 is 11.8 Å². The number of rotatable bonds is 3. The lowest BCUT2D eigenvalue weighted by Gasteiger charge is -2.14. The normalized spacial score (nSPS) is 18.8. The van der Waals surface area contributed by atoms with E-state index >= 15 is 0 Å². The van der Waals surface area contributed by atoms with Crippen LogP contribution < -0.4 is 4.74 Å². The van der Waals surface area contributed by atoms with Crippen LogP contribution in [0.3, 0.4) is 0 Å². The second kappa shape index (κ2) is 5.89. The first kappa shape index (κ1) is 17.0. The molecular formula is C15H8F6O2S. The van der Waals surface area contributed by atoms with Gasteiger partial charge in [-0.2, -0.15) is 8.78 Å². The maximum atomic E-state index is 13.6. The highest BCUT2D eigenvalue weighted by molar-refractivity contribution is 8.00. The highest BCUT2D eigenvalue weighted by Gasteiger charge is 2.50. The third kappa shape index (κ3) is 2.93. The largest absolute Gasteiger partial charge is 0.457 e. The molecule has 0 amide bonds. The molecule has 3 rings (SSSR count). The van der Waals surface area contributed by atoms with E-state index < -0.39 is 51.4 Å². The molecule has 9 heteroatoms. The van der Waals surface area contributed by atoms with Crippen LogP contribution in [0.2, 0.25) is 0 Å². The van der Waals surface area contributed by atoms with Crippen LogP contribution in [0.4, 0.5) is 26.3 Å². The van der Waals surface area contributed by atoms with Gasteiger partial charge in [0, 0.05) is 28.7 Å². The Balaban J connectivity index is 2.07. The Morgan fingerprint density at radius 2 is 1.71 bits per heavy atom. The minimum atomic E-state index is -3.66. The molecule has 2 nitrogen and oxygen atoms in total. The van der Waals surface area contributed by atoms with Crippen LogP contribution in [0.1, 0.15) is 23.7 Å². The van der Waals surface area contributed by atoms with Crippen LogP contribution in [0.15, 0.2) is 35.2 Å². The fourth-order valence-corrected chi connectivity index (χ4v) is 3.42. The summed E-state index contributed by atoms with van der Waals surface area (Å²) < 4.78 is 85.2. The Bertz CT molecular complexity index is 776. The monoisotopic (exact) mass is 366 g/mol. The van der Waals surface area contributed by atoms with E-state index in [2.05, 4.69) is 0 Å². The summed E-state index contributed by atoms with van der Waals surface area (Å²) in [6.07, 6.45) is -5.42. The number of hydrogen-bond donors (Lipinski definition) is 1. The van der Waals surface area contributed by atoms with Gasteiger partial charge in [-0.05, 0) is 17.8 Å². The van der Waals surface area contributed by atoms with E-state index in [1.165, 1.54) is 0 Å². The van der Waals surface area contributed by atoms with Gasteiger partial charge < -0.3 is 9.84 Å². The third-order valence-electron chi connectivity index (χ3n) is 3.32. The molecule has 1 unspecified atom stereocenters. The van der Waals surface area contributed by atoms with Crippen LogP contribution in [-0.2, 0) is 0 Å². The van der Waals surface area contributed by atoms with Gasteiger partial charge in [-0.25, -0.2) is 17.6 Å². The number of hydrogen-bond acceptors (Lipinski definition) is 3. The van der Waals surface area contributed by atoms with E-state index in [0.29, 0.717) is 6.07 Å². The van der Waals surface area contributed by atoms with Crippen molar-refractivity contribution in [2.75, 3.05) is 0 Å². The molecule has 2 aromatic rings. The molecule has 0 aliphatic carbocycles. The maximum absolute atomic E-state index is 13.6. The molecule has 1 atom stereocenters. The number of aliphatic hydroxyl groups excluding tert-OH is 1. The topological polar surface area (TPSA) is 29.5 Å². The molecule has 24 heavy (non-hydrogen) atoms. The lowest BCUT2D eigenvalue weighted by molar-refractivity contribution is -0.0310. The first-order valence-corrected chi connectivity index (χ1v) is 7.34. The van der Waals surface area contributed by atoms with Crippen molar-refractivity contribution in [3.8, 4) is 11.5 Å². The van der Waals surface area contributed by atoms with Gasteiger partial charge in [-0.15, -0.1) is 0 Å². The number of alkyl halides is 4. The summed E-state index contributed by atoms with van der Waals surface area (Å²) in [4.78, 5) is -0.503. The summed E-state index contributed by atoms with van der Waals surface area (Å²) in [7, 11) is 0. The standard InChI is InChI=1S/C15H8F6O2S/c16-6-3-7(17)5-8(4-6)23-10-2-1-9-12(11(10)14(18)19)24-15(20,21)13(9)22/h1-5,13-14,22H. The zero-order valence-electron chi connectivity index (χ0n) is 11.6. The summed E-state index contributed by atoms with van der Waals surface area (Å²) >= 11 is -0.204. The van der Waals surface area contributed by atoms with Gasteiger partial charge in [0.05, 0.1) is 5.56 Å². The molecule has 1 heterocycles. The van der Waals surface area contributed by atoms with Crippen LogP contribution in [0, 0.1) is 11.6 Å². The minimum absolute atomic E-state index is 0.204. The smallest absolute Gasteiger partial charge is 0.327 e. The fourth-order valence-electron chi connectivity index (χ4n) is 2.31. The van der Waals surface area contributed by atoms with E-state index in [9.17, 15) is 31.4 Å². The first-order chi connectivity index (χ1) is 11.2. The SMILES string of the molecule is OC1c2ccc(Oc3cc(F)cc(F)c3)c(C(F)F)c2SC1(F)F. The molecule has 128 valence electrons. The number of aliphatic hydroxyl groups is 1. The van der Waals surface area contributed by atoms with Crippen molar-refractivity contribution in [3.05, 3.63) is 53.1 Å². The van der Waals surface area contributed by atoms with Crippen molar-refractivity contribution in [3.63, 3.8) is 0 Å². The van der Waals surface area contributed by atoms with Gasteiger partial charge in [-0.3, -0.25) is 0 Å². The number of benzene rings is 2. The molecule has 0 aromatic heterocycles. The van der Waals surface area contributed by atoms with Crippen LogP contribution in [0.5, 0.6) is 11.5 Å². The molecule has 2 aromatic carbocycles. The van der Waals surface area contributed by atoms with Crippen molar-refractivity contribution in [1.29, 1.82) is 0 Å². The van der Waals surface area contributed by atoms with E-state index in [4.69, 9.17) is 4.74 Å². The van der Waals surface area contributed by atoms with E-state index in [-0.39, 0.29) is 17.3 Å². The third-order valence-corrected chi connectivity index (χ3v) is 4.47. The summed E-state index contributed by atoms with van der Waals surface area (Å²) in [6, 6.07) is 4.07. The van der Waals surface area contributed by atoms with Gasteiger partial charge in [0.15, 0.2) is 6.10 Å². The summed E-state index contributed by atoms with van der Waals surface area (Å²) in [6.45, 7) is 0.